The van der Waals surface area contributed by atoms with E-state index in [0.29, 0.717) is 11.2 Å². The smallest absolute Gasteiger partial charge is 0.253 e. The Labute approximate surface area is 141 Å². The molecule has 0 N–H and O–H groups in total. The molecule has 0 aliphatic rings. The Hall–Kier alpha value is -2.76. The number of nitrogens with zero attached hydrogens (tertiary/aromatic N) is 5. The van der Waals surface area contributed by atoms with Crippen molar-refractivity contribution in [2.24, 2.45) is 0 Å². The van der Waals surface area contributed by atoms with E-state index in [0.717, 1.165) is 36.2 Å². The van der Waals surface area contributed by atoms with Gasteiger partial charge in [0.15, 0.2) is 5.65 Å². The Balaban J connectivity index is 2.01. The van der Waals surface area contributed by atoms with E-state index in [1.54, 1.807) is 15.8 Å². The van der Waals surface area contributed by atoms with Crippen LogP contribution < -0.4 is 0 Å². The molecule has 2 aromatic heterocycles. The van der Waals surface area contributed by atoms with Gasteiger partial charge in [-0.15, -0.1) is 5.10 Å². The van der Waals surface area contributed by atoms with E-state index in [-0.39, 0.29) is 5.91 Å². The molecule has 0 spiro atoms. The maximum absolute atomic E-state index is 12.7. The van der Waals surface area contributed by atoms with E-state index >= 15 is 0 Å². The van der Waals surface area contributed by atoms with E-state index in [2.05, 4.69) is 22.2 Å². The Kier molecular flexibility index (Phi) is 4.55. The van der Waals surface area contributed by atoms with E-state index in [9.17, 15) is 4.79 Å². The molecule has 0 radical (unpaired) electrons. The van der Waals surface area contributed by atoms with Crippen LogP contribution in [0, 0.1) is 6.92 Å². The molecule has 1 aromatic carbocycles. The molecule has 3 rings (SSSR count). The van der Waals surface area contributed by atoms with Crippen LogP contribution in [0.3, 0.4) is 0 Å². The predicted octanol–water partition coefficient (Wildman–Crippen LogP) is 3.00. The molecule has 1 amide bonds. The molecule has 0 fully saturated rings. The number of unbranched alkanes of at least 4 members (excludes halogenated alkanes) is 1. The molecule has 0 bridgehead atoms. The van der Waals surface area contributed by atoms with Crippen molar-refractivity contribution in [3.8, 4) is 5.69 Å². The number of aromatic nitrogens is 4. The van der Waals surface area contributed by atoms with Gasteiger partial charge in [-0.2, -0.15) is 4.68 Å². The van der Waals surface area contributed by atoms with E-state index < -0.39 is 0 Å². The molecule has 124 valence electrons. The van der Waals surface area contributed by atoms with Gasteiger partial charge in [0.25, 0.3) is 5.91 Å². The second-order valence-electron chi connectivity index (χ2n) is 5.88. The van der Waals surface area contributed by atoms with Crippen molar-refractivity contribution in [1.29, 1.82) is 0 Å². The highest BCUT2D eigenvalue weighted by Gasteiger charge is 2.18. The Morgan fingerprint density at radius 2 is 2.08 bits per heavy atom. The first-order valence-corrected chi connectivity index (χ1v) is 8.15. The van der Waals surface area contributed by atoms with Crippen LogP contribution in [-0.2, 0) is 0 Å². The average Bonchev–Trinajstić information content (AvgIpc) is 3.03. The third kappa shape index (κ3) is 2.87. The van der Waals surface area contributed by atoms with Crippen LogP contribution in [0.1, 0.15) is 35.7 Å². The lowest BCUT2D eigenvalue weighted by molar-refractivity contribution is 0.0792. The first-order chi connectivity index (χ1) is 11.6. The summed E-state index contributed by atoms with van der Waals surface area (Å²) in [6, 6.07) is 9.36. The molecule has 2 heterocycles. The molecule has 0 unspecified atom stereocenters. The minimum Gasteiger partial charge on any atom is -0.342 e. The SMILES string of the molecule is CCCCN(C)C(=O)c1cccc(-n2nnc3cccnc32)c1C. The third-order valence-electron chi connectivity index (χ3n) is 4.17. The predicted molar refractivity (Wildman–Crippen MR) is 93.3 cm³/mol. The molecule has 24 heavy (non-hydrogen) atoms. The number of benzene rings is 1. The highest BCUT2D eigenvalue weighted by Crippen LogP contribution is 2.21. The summed E-state index contributed by atoms with van der Waals surface area (Å²) in [4.78, 5) is 18.8. The van der Waals surface area contributed by atoms with Crippen molar-refractivity contribution >= 4 is 17.1 Å². The van der Waals surface area contributed by atoms with E-state index in [1.807, 2.05) is 44.3 Å². The number of pyridine rings is 1. The summed E-state index contributed by atoms with van der Waals surface area (Å²) in [5, 5.41) is 8.34. The van der Waals surface area contributed by atoms with Crippen LogP contribution in [-0.4, -0.2) is 44.4 Å². The summed E-state index contributed by atoms with van der Waals surface area (Å²) in [5.41, 5.74) is 3.80. The second-order valence-corrected chi connectivity index (χ2v) is 5.88. The zero-order chi connectivity index (χ0) is 17.1. The largest absolute Gasteiger partial charge is 0.342 e. The van der Waals surface area contributed by atoms with Gasteiger partial charge in [-0.3, -0.25) is 4.79 Å². The minimum absolute atomic E-state index is 0.0279. The van der Waals surface area contributed by atoms with Crippen LogP contribution in [0.25, 0.3) is 16.9 Å². The first-order valence-electron chi connectivity index (χ1n) is 8.15. The monoisotopic (exact) mass is 323 g/mol. The van der Waals surface area contributed by atoms with Crippen molar-refractivity contribution in [2.75, 3.05) is 13.6 Å². The van der Waals surface area contributed by atoms with E-state index in [1.165, 1.54) is 0 Å². The van der Waals surface area contributed by atoms with Crippen LogP contribution in [0.15, 0.2) is 36.5 Å². The summed E-state index contributed by atoms with van der Waals surface area (Å²) in [5.74, 6) is 0.0279. The number of rotatable bonds is 5. The number of carbonyl (C=O) groups excluding carboxylic acids is 1. The fourth-order valence-corrected chi connectivity index (χ4v) is 2.71. The number of fused-ring (bicyclic) bond motifs is 1. The summed E-state index contributed by atoms with van der Waals surface area (Å²) in [7, 11) is 1.84. The van der Waals surface area contributed by atoms with Crippen LogP contribution in [0.2, 0.25) is 0 Å². The van der Waals surface area contributed by atoms with Crippen LogP contribution in [0.4, 0.5) is 0 Å². The lowest BCUT2D eigenvalue weighted by Crippen LogP contribution is -2.28. The van der Waals surface area contributed by atoms with Crippen LogP contribution in [0.5, 0.6) is 0 Å². The summed E-state index contributed by atoms with van der Waals surface area (Å²) >= 11 is 0. The first kappa shape index (κ1) is 16.1. The molecule has 6 heteroatoms. The maximum atomic E-state index is 12.7. The van der Waals surface area contributed by atoms with Gasteiger partial charge in [0, 0.05) is 25.4 Å². The zero-order valence-corrected chi connectivity index (χ0v) is 14.2. The minimum atomic E-state index is 0.0279. The third-order valence-corrected chi connectivity index (χ3v) is 4.17. The van der Waals surface area contributed by atoms with Crippen molar-refractivity contribution in [2.45, 2.75) is 26.7 Å². The Morgan fingerprint density at radius 1 is 1.25 bits per heavy atom. The van der Waals surface area contributed by atoms with Crippen molar-refractivity contribution in [3.05, 3.63) is 47.7 Å². The van der Waals surface area contributed by atoms with Gasteiger partial charge in [-0.1, -0.05) is 24.6 Å². The summed E-state index contributed by atoms with van der Waals surface area (Å²) < 4.78 is 1.69. The lowest BCUT2D eigenvalue weighted by Gasteiger charge is -2.19. The molecule has 0 aliphatic heterocycles. The molecular weight excluding hydrogens is 302 g/mol. The molecule has 6 nitrogen and oxygen atoms in total. The van der Waals surface area contributed by atoms with Crippen molar-refractivity contribution in [3.63, 3.8) is 0 Å². The molecular formula is C18H21N5O. The Morgan fingerprint density at radius 3 is 2.88 bits per heavy atom. The number of carbonyl (C=O) groups is 1. The zero-order valence-electron chi connectivity index (χ0n) is 14.2. The van der Waals surface area contributed by atoms with Gasteiger partial charge >= 0.3 is 0 Å². The fourth-order valence-electron chi connectivity index (χ4n) is 2.71. The normalized spacial score (nSPS) is 11.0. The maximum Gasteiger partial charge on any atom is 0.253 e. The summed E-state index contributed by atoms with van der Waals surface area (Å²) in [6.07, 6.45) is 3.77. The number of hydrogen-bond acceptors (Lipinski definition) is 4. The lowest BCUT2D eigenvalue weighted by atomic mass is 10.1. The quantitative estimate of drug-likeness (QED) is 0.724. The van der Waals surface area contributed by atoms with Gasteiger partial charge in [0.1, 0.15) is 5.52 Å². The van der Waals surface area contributed by atoms with Gasteiger partial charge in [-0.25, -0.2) is 4.98 Å². The highest BCUT2D eigenvalue weighted by atomic mass is 16.2. The molecule has 0 atom stereocenters. The molecule has 0 saturated heterocycles. The van der Waals surface area contributed by atoms with Crippen LogP contribution >= 0.6 is 0 Å². The van der Waals surface area contributed by atoms with Gasteiger partial charge in [0.2, 0.25) is 0 Å². The standard InChI is InChI=1S/C18H21N5O/c1-4-5-12-22(3)18(24)14-8-6-10-16(13(14)2)23-17-15(20-21-23)9-7-11-19-17/h6-11H,4-5,12H2,1-3H3. The number of hydrogen-bond donors (Lipinski definition) is 0. The highest BCUT2D eigenvalue weighted by molar-refractivity contribution is 5.96. The van der Waals surface area contributed by atoms with Gasteiger partial charge in [0.05, 0.1) is 5.69 Å². The topological polar surface area (TPSA) is 63.9 Å². The summed E-state index contributed by atoms with van der Waals surface area (Å²) in [6.45, 7) is 4.81. The fraction of sp³-hybridized carbons (Fsp3) is 0.333. The van der Waals surface area contributed by atoms with Crippen molar-refractivity contribution in [1.82, 2.24) is 24.9 Å². The van der Waals surface area contributed by atoms with Crippen molar-refractivity contribution < 1.29 is 4.79 Å². The average molecular weight is 323 g/mol. The number of amides is 1. The molecule has 3 aromatic rings. The van der Waals surface area contributed by atoms with Gasteiger partial charge < -0.3 is 4.90 Å². The molecule has 0 saturated carbocycles. The molecule has 0 aliphatic carbocycles. The van der Waals surface area contributed by atoms with Gasteiger partial charge in [-0.05, 0) is 43.2 Å². The second kappa shape index (κ2) is 6.78. The van der Waals surface area contributed by atoms with E-state index in [4.69, 9.17) is 0 Å². The Bertz CT molecular complexity index is 871.